The Labute approximate surface area is 144 Å². The van der Waals surface area contributed by atoms with Crippen molar-refractivity contribution >= 4 is 5.97 Å². The molecule has 0 aliphatic rings. The van der Waals surface area contributed by atoms with E-state index in [1.165, 1.54) is 77.0 Å². The standard InChI is InChI=1S/C20H39NO2/c1-2-3-4-5-6-7-8-9-10-11-12-13-14-15-16-17-18-23-20(22)19-21/h9-10H,2-8,11-19,21H2,1H3/b10-9-. The minimum atomic E-state index is -0.294. The molecule has 0 saturated heterocycles. The average Bonchev–Trinajstić information content (AvgIpc) is 2.57. The van der Waals surface area contributed by atoms with Crippen LogP contribution < -0.4 is 5.73 Å². The Morgan fingerprint density at radius 1 is 0.783 bits per heavy atom. The highest BCUT2D eigenvalue weighted by atomic mass is 16.5. The minimum absolute atomic E-state index is 0.00756. The van der Waals surface area contributed by atoms with Gasteiger partial charge in [0.2, 0.25) is 0 Å². The van der Waals surface area contributed by atoms with Gasteiger partial charge in [-0.3, -0.25) is 4.79 Å². The van der Waals surface area contributed by atoms with Crippen LogP contribution in [0.25, 0.3) is 0 Å². The van der Waals surface area contributed by atoms with Crippen LogP contribution in [0.2, 0.25) is 0 Å². The number of esters is 1. The molecule has 0 bridgehead atoms. The summed E-state index contributed by atoms with van der Waals surface area (Å²) in [5, 5.41) is 0. The molecule has 0 fully saturated rings. The van der Waals surface area contributed by atoms with Crippen LogP contribution in [-0.2, 0) is 9.53 Å². The summed E-state index contributed by atoms with van der Waals surface area (Å²) in [5.74, 6) is -0.294. The maximum absolute atomic E-state index is 10.8. The third kappa shape index (κ3) is 19.1. The average molecular weight is 326 g/mol. The first-order valence-corrected chi connectivity index (χ1v) is 9.82. The van der Waals surface area contributed by atoms with Gasteiger partial charge < -0.3 is 10.5 Å². The highest BCUT2D eigenvalue weighted by Crippen LogP contribution is 2.09. The van der Waals surface area contributed by atoms with Crippen molar-refractivity contribution in [1.29, 1.82) is 0 Å². The number of hydrogen-bond acceptors (Lipinski definition) is 3. The van der Waals surface area contributed by atoms with E-state index in [1.807, 2.05) is 0 Å². The summed E-state index contributed by atoms with van der Waals surface area (Å²) in [6.45, 7) is 2.78. The van der Waals surface area contributed by atoms with Crippen LogP contribution in [0, 0.1) is 0 Å². The van der Waals surface area contributed by atoms with Crippen LogP contribution in [0.15, 0.2) is 12.2 Å². The summed E-state index contributed by atoms with van der Waals surface area (Å²) >= 11 is 0. The summed E-state index contributed by atoms with van der Waals surface area (Å²) in [4.78, 5) is 10.8. The second kappa shape index (κ2) is 19.2. The van der Waals surface area contributed by atoms with Crippen LogP contribution in [-0.4, -0.2) is 19.1 Å². The highest BCUT2D eigenvalue weighted by Gasteiger charge is 1.97. The van der Waals surface area contributed by atoms with Gasteiger partial charge in [0.1, 0.15) is 0 Å². The molecule has 0 aliphatic heterocycles. The van der Waals surface area contributed by atoms with Crippen LogP contribution in [0.5, 0.6) is 0 Å². The first kappa shape index (κ1) is 22.2. The first-order chi connectivity index (χ1) is 11.3. The Kier molecular flexibility index (Phi) is 18.5. The lowest BCUT2D eigenvalue weighted by Gasteiger charge is -2.03. The van der Waals surface area contributed by atoms with E-state index in [9.17, 15) is 4.79 Å². The SMILES string of the molecule is CCCCCCCC/C=C\CCCCCCCCOC(=O)CN. The Morgan fingerprint density at radius 3 is 1.78 bits per heavy atom. The van der Waals surface area contributed by atoms with Crippen molar-refractivity contribution in [3.63, 3.8) is 0 Å². The Bertz CT molecular complexity index is 277. The second-order valence-electron chi connectivity index (χ2n) is 6.36. The molecule has 0 aliphatic carbocycles. The maximum Gasteiger partial charge on any atom is 0.319 e. The summed E-state index contributed by atoms with van der Waals surface area (Å²) in [5.41, 5.74) is 5.16. The van der Waals surface area contributed by atoms with Gasteiger partial charge in [-0.05, 0) is 32.1 Å². The molecule has 3 nitrogen and oxygen atoms in total. The van der Waals surface area contributed by atoms with E-state index in [0.717, 1.165) is 12.8 Å². The number of unbranched alkanes of at least 4 members (excludes halogenated alkanes) is 12. The summed E-state index contributed by atoms with van der Waals surface area (Å²) < 4.78 is 4.94. The number of ether oxygens (including phenoxy) is 1. The molecule has 0 rings (SSSR count). The molecule has 0 saturated carbocycles. The third-order valence-corrected chi connectivity index (χ3v) is 4.09. The van der Waals surface area contributed by atoms with Crippen LogP contribution >= 0.6 is 0 Å². The van der Waals surface area contributed by atoms with Gasteiger partial charge >= 0.3 is 5.97 Å². The van der Waals surface area contributed by atoms with Crippen LogP contribution in [0.1, 0.15) is 96.8 Å². The first-order valence-electron chi connectivity index (χ1n) is 9.82. The smallest absolute Gasteiger partial charge is 0.319 e. The van der Waals surface area contributed by atoms with Gasteiger partial charge in [0.15, 0.2) is 0 Å². The fraction of sp³-hybridized carbons (Fsp3) is 0.850. The second-order valence-corrected chi connectivity index (χ2v) is 6.36. The van der Waals surface area contributed by atoms with Crippen molar-refractivity contribution in [3.8, 4) is 0 Å². The van der Waals surface area contributed by atoms with E-state index in [2.05, 4.69) is 19.1 Å². The van der Waals surface area contributed by atoms with Crippen molar-refractivity contribution in [3.05, 3.63) is 12.2 Å². The fourth-order valence-electron chi connectivity index (χ4n) is 2.59. The quantitative estimate of drug-likeness (QED) is 0.217. The highest BCUT2D eigenvalue weighted by molar-refractivity contribution is 5.71. The molecule has 0 unspecified atom stereocenters. The van der Waals surface area contributed by atoms with Crippen molar-refractivity contribution in [2.24, 2.45) is 5.73 Å². The molecule has 0 heterocycles. The maximum atomic E-state index is 10.8. The number of nitrogens with two attached hydrogens (primary N) is 1. The lowest BCUT2D eigenvalue weighted by Crippen LogP contribution is -2.17. The number of carbonyl (C=O) groups excluding carboxylic acids is 1. The Balaban J connectivity index is 3.09. The molecule has 23 heavy (non-hydrogen) atoms. The zero-order valence-corrected chi connectivity index (χ0v) is 15.4. The van der Waals surface area contributed by atoms with E-state index in [4.69, 9.17) is 10.5 Å². The zero-order chi connectivity index (χ0) is 17.0. The largest absolute Gasteiger partial charge is 0.465 e. The number of hydrogen-bond donors (Lipinski definition) is 1. The van der Waals surface area contributed by atoms with Gasteiger partial charge in [-0.25, -0.2) is 0 Å². The molecule has 136 valence electrons. The van der Waals surface area contributed by atoms with E-state index in [1.54, 1.807) is 0 Å². The van der Waals surface area contributed by atoms with Crippen molar-refractivity contribution in [2.45, 2.75) is 96.8 Å². The fourth-order valence-corrected chi connectivity index (χ4v) is 2.59. The number of allylic oxidation sites excluding steroid dienone is 2. The summed E-state index contributed by atoms with van der Waals surface area (Å²) in [6, 6.07) is 0. The predicted octanol–water partition coefficient (Wildman–Crippen LogP) is 5.53. The Morgan fingerprint density at radius 2 is 1.26 bits per heavy atom. The normalized spacial score (nSPS) is 11.2. The molecule has 3 heteroatoms. The molecular formula is C20H39NO2. The lowest BCUT2D eigenvalue weighted by atomic mass is 10.1. The molecule has 0 radical (unpaired) electrons. The van der Waals surface area contributed by atoms with Gasteiger partial charge in [-0.2, -0.15) is 0 Å². The zero-order valence-electron chi connectivity index (χ0n) is 15.4. The molecule has 0 spiro atoms. The summed E-state index contributed by atoms with van der Waals surface area (Å²) in [6.07, 6.45) is 22.8. The van der Waals surface area contributed by atoms with E-state index < -0.39 is 0 Å². The molecule has 0 aromatic rings. The molecule has 0 atom stereocenters. The van der Waals surface area contributed by atoms with Gasteiger partial charge in [0, 0.05) is 0 Å². The monoisotopic (exact) mass is 325 g/mol. The molecular weight excluding hydrogens is 286 g/mol. The third-order valence-electron chi connectivity index (χ3n) is 4.09. The van der Waals surface area contributed by atoms with Crippen LogP contribution in [0.3, 0.4) is 0 Å². The molecule has 2 N–H and O–H groups in total. The van der Waals surface area contributed by atoms with Gasteiger partial charge in [0.05, 0.1) is 13.2 Å². The van der Waals surface area contributed by atoms with Crippen molar-refractivity contribution in [2.75, 3.05) is 13.2 Å². The van der Waals surface area contributed by atoms with Gasteiger partial charge in [0.25, 0.3) is 0 Å². The van der Waals surface area contributed by atoms with Gasteiger partial charge in [-0.15, -0.1) is 0 Å². The van der Waals surface area contributed by atoms with Crippen molar-refractivity contribution in [1.82, 2.24) is 0 Å². The number of carbonyl (C=O) groups is 1. The molecule has 0 aromatic heterocycles. The minimum Gasteiger partial charge on any atom is -0.465 e. The molecule has 0 aromatic carbocycles. The summed E-state index contributed by atoms with van der Waals surface area (Å²) in [7, 11) is 0. The van der Waals surface area contributed by atoms with Crippen molar-refractivity contribution < 1.29 is 9.53 Å². The van der Waals surface area contributed by atoms with E-state index >= 15 is 0 Å². The molecule has 0 amide bonds. The number of rotatable bonds is 17. The van der Waals surface area contributed by atoms with E-state index in [-0.39, 0.29) is 12.5 Å². The Hall–Kier alpha value is -0.830. The van der Waals surface area contributed by atoms with Gasteiger partial charge in [-0.1, -0.05) is 76.9 Å². The topological polar surface area (TPSA) is 52.3 Å². The van der Waals surface area contributed by atoms with E-state index in [0.29, 0.717) is 6.61 Å². The van der Waals surface area contributed by atoms with Crippen LogP contribution in [0.4, 0.5) is 0 Å². The lowest BCUT2D eigenvalue weighted by molar-refractivity contribution is -0.142. The predicted molar refractivity (Wildman–Crippen MR) is 99.5 cm³/mol.